The number of thioether (sulfide) groups is 1. The molecule has 0 spiro atoms. The Kier molecular flexibility index (Phi) is 6.90. The van der Waals surface area contributed by atoms with Gasteiger partial charge in [-0.15, -0.1) is 0 Å². The van der Waals surface area contributed by atoms with Gasteiger partial charge in [-0.2, -0.15) is 5.10 Å². The highest BCUT2D eigenvalue weighted by Crippen LogP contribution is 2.35. The molecule has 4 aromatic rings. The molecule has 2 aliphatic heterocycles. The van der Waals surface area contributed by atoms with Crippen LogP contribution in [-0.2, 0) is 22.7 Å². The number of H-pyrrole nitrogens is 1. The monoisotopic (exact) mass is 564 g/mol. The van der Waals surface area contributed by atoms with Crippen LogP contribution < -0.4 is 35.1 Å². The molecule has 2 amide bonds. The van der Waals surface area contributed by atoms with Gasteiger partial charge in [0.15, 0.2) is 34.0 Å². The normalized spacial score (nSPS) is 13.0. The van der Waals surface area contributed by atoms with Crippen molar-refractivity contribution < 1.29 is 28.5 Å². The first-order valence-electron chi connectivity index (χ1n) is 12.4. The molecule has 6 rings (SSSR count). The molecule has 3 N–H and O–H groups in total. The van der Waals surface area contributed by atoms with Crippen LogP contribution in [0, 0.1) is 6.92 Å². The van der Waals surface area contributed by atoms with Crippen LogP contribution in [0.25, 0.3) is 10.9 Å². The molecule has 0 aliphatic carbocycles. The molecule has 2 aromatic carbocycles. The van der Waals surface area contributed by atoms with Crippen LogP contribution in [0.2, 0.25) is 0 Å². The van der Waals surface area contributed by atoms with Crippen molar-refractivity contribution in [3.05, 3.63) is 58.0 Å². The lowest BCUT2D eigenvalue weighted by molar-refractivity contribution is -0.121. The Morgan fingerprint density at radius 3 is 2.52 bits per heavy atom. The number of hydrogen-bond donors (Lipinski definition) is 3. The second-order valence-corrected chi connectivity index (χ2v) is 10.0. The Morgan fingerprint density at radius 2 is 1.75 bits per heavy atom. The molecule has 13 nitrogen and oxygen atoms in total. The first kappa shape index (κ1) is 25.6. The van der Waals surface area contributed by atoms with Crippen LogP contribution in [0.1, 0.15) is 17.7 Å². The van der Waals surface area contributed by atoms with Gasteiger partial charge in [0, 0.05) is 37.3 Å². The standard InChI is InChI=1S/C26H24N6O7S/c1-14-6-22(31-30-14)29-24(34)11-40-26-28-17-9-21-20(38-13-39-21)8-16(17)25(35)32(26)5-4-23(33)27-10-15-2-3-18-19(7-15)37-12-36-18/h2-3,6-9H,4-5,10-13H2,1H3,(H,27,33)(H2,29,30,31,34). The minimum Gasteiger partial charge on any atom is -0.454 e. The van der Waals surface area contributed by atoms with E-state index in [4.69, 9.17) is 18.9 Å². The van der Waals surface area contributed by atoms with Gasteiger partial charge >= 0.3 is 0 Å². The molecule has 0 atom stereocenters. The minimum absolute atomic E-state index is 0.0223. The van der Waals surface area contributed by atoms with Crippen molar-refractivity contribution in [2.75, 3.05) is 24.7 Å². The summed E-state index contributed by atoms with van der Waals surface area (Å²) >= 11 is 1.09. The Labute approximate surface area is 231 Å². The molecule has 0 saturated carbocycles. The van der Waals surface area contributed by atoms with Gasteiger partial charge in [-0.3, -0.25) is 24.0 Å². The number of aromatic amines is 1. The topological polar surface area (TPSA) is 159 Å². The Bertz CT molecular complexity index is 1680. The minimum atomic E-state index is -0.349. The molecule has 2 aliphatic rings. The van der Waals surface area contributed by atoms with Crippen LogP contribution in [0.5, 0.6) is 23.0 Å². The van der Waals surface area contributed by atoms with Crippen LogP contribution in [0.3, 0.4) is 0 Å². The third-order valence-corrected chi connectivity index (χ3v) is 7.18. The van der Waals surface area contributed by atoms with E-state index in [1.807, 2.05) is 19.1 Å². The molecule has 2 aromatic heterocycles. The van der Waals surface area contributed by atoms with Gasteiger partial charge in [-0.25, -0.2) is 4.98 Å². The number of carbonyl (C=O) groups excluding carboxylic acids is 2. The van der Waals surface area contributed by atoms with E-state index in [1.54, 1.807) is 24.3 Å². The highest BCUT2D eigenvalue weighted by Gasteiger charge is 2.20. The molecular weight excluding hydrogens is 540 g/mol. The first-order chi connectivity index (χ1) is 19.4. The van der Waals surface area contributed by atoms with Gasteiger partial charge in [0.2, 0.25) is 25.4 Å². The van der Waals surface area contributed by atoms with Crippen molar-refractivity contribution in [3.8, 4) is 23.0 Å². The Morgan fingerprint density at radius 1 is 1.00 bits per heavy atom. The molecule has 4 heterocycles. The number of nitrogens with zero attached hydrogens (tertiary/aromatic N) is 3. The van der Waals surface area contributed by atoms with E-state index in [1.165, 1.54) is 4.57 Å². The number of aromatic nitrogens is 4. The molecule has 0 bridgehead atoms. The van der Waals surface area contributed by atoms with Crippen molar-refractivity contribution in [3.63, 3.8) is 0 Å². The average molecular weight is 565 g/mol. The highest BCUT2D eigenvalue weighted by molar-refractivity contribution is 7.99. The zero-order valence-corrected chi connectivity index (χ0v) is 22.1. The molecule has 40 heavy (non-hydrogen) atoms. The number of nitrogens with one attached hydrogen (secondary N) is 3. The number of carbonyl (C=O) groups is 2. The summed E-state index contributed by atoms with van der Waals surface area (Å²) in [6.07, 6.45) is 0.0223. The lowest BCUT2D eigenvalue weighted by Gasteiger charge is -2.13. The van der Waals surface area contributed by atoms with E-state index < -0.39 is 0 Å². The summed E-state index contributed by atoms with van der Waals surface area (Å²) in [6.45, 7) is 2.40. The van der Waals surface area contributed by atoms with E-state index in [-0.39, 0.29) is 56.2 Å². The fourth-order valence-electron chi connectivity index (χ4n) is 4.24. The third kappa shape index (κ3) is 5.38. The maximum Gasteiger partial charge on any atom is 0.262 e. The Balaban J connectivity index is 1.18. The van der Waals surface area contributed by atoms with Gasteiger partial charge in [0.05, 0.1) is 16.7 Å². The van der Waals surface area contributed by atoms with Crippen molar-refractivity contribution in [1.29, 1.82) is 0 Å². The molecule has 0 radical (unpaired) electrons. The van der Waals surface area contributed by atoms with Crippen molar-refractivity contribution in [2.45, 2.75) is 31.6 Å². The molecule has 0 unspecified atom stereocenters. The van der Waals surface area contributed by atoms with Crippen LogP contribution in [0.15, 0.2) is 46.3 Å². The van der Waals surface area contributed by atoms with E-state index in [0.717, 1.165) is 23.0 Å². The van der Waals surface area contributed by atoms with E-state index in [9.17, 15) is 14.4 Å². The summed E-state index contributed by atoms with van der Waals surface area (Å²) in [7, 11) is 0. The number of hydrogen-bond acceptors (Lipinski definition) is 10. The number of amides is 2. The van der Waals surface area contributed by atoms with Gasteiger partial charge in [-0.05, 0) is 30.7 Å². The lowest BCUT2D eigenvalue weighted by Crippen LogP contribution is -2.29. The number of ether oxygens (including phenoxy) is 4. The fourth-order valence-corrected chi connectivity index (χ4v) is 5.07. The van der Waals surface area contributed by atoms with Crippen LogP contribution >= 0.6 is 11.8 Å². The van der Waals surface area contributed by atoms with Crippen molar-refractivity contribution in [1.82, 2.24) is 25.1 Å². The SMILES string of the molecule is Cc1cc(NC(=O)CSc2nc3cc4c(cc3c(=O)n2CCC(=O)NCc2ccc3c(c2)OCO3)OCO4)n[nH]1. The number of rotatable bonds is 9. The number of anilines is 1. The fraction of sp³-hybridized carbons (Fsp3) is 0.269. The molecular formula is C26H24N6O7S. The van der Waals surface area contributed by atoms with Crippen molar-refractivity contribution >= 4 is 40.3 Å². The smallest absolute Gasteiger partial charge is 0.262 e. The second kappa shape index (κ2) is 10.8. The van der Waals surface area contributed by atoms with Gasteiger partial charge < -0.3 is 29.6 Å². The molecule has 206 valence electrons. The van der Waals surface area contributed by atoms with Crippen LogP contribution in [0.4, 0.5) is 5.82 Å². The second-order valence-electron chi connectivity index (χ2n) is 9.06. The van der Waals surface area contributed by atoms with Gasteiger partial charge in [0.25, 0.3) is 5.56 Å². The van der Waals surface area contributed by atoms with Gasteiger partial charge in [-0.1, -0.05) is 17.8 Å². The van der Waals surface area contributed by atoms with Crippen LogP contribution in [-0.4, -0.2) is 50.9 Å². The molecule has 14 heteroatoms. The number of fused-ring (bicyclic) bond motifs is 3. The maximum absolute atomic E-state index is 13.5. The lowest BCUT2D eigenvalue weighted by atomic mass is 10.2. The average Bonchev–Trinajstić information content (AvgIpc) is 3.70. The summed E-state index contributed by atoms with van der Waals surface area (Å²) in [6, 6.07) is 10.4. The van der Waals surface area contributed by atoms with Gasteiger partial charge in [0.1, 0.15) is 0 Å². The molecule has 0 fully saturated rings. The summed E-state index contributed by atoms with van der Waals surface area (Å²) in [4.78, 5) is 43.4. The summed E-state index contributed by atoms with van der Waals surface area (Å²) < 4.78 is 23.0. The quantitative estimate of drug-likeness (QED) is 0.203. The van der Waals surface area contributed by atoms with E-state index in [0.29, 0.717) is 44.9 Å². The molecule has 0 saturated heterocycles. The third-order valence-electron chi connectivity index (χ3n) is 6.21. The van der Waals surface area contributed by atoms with Crippen molar-refractivity contribution in [2.24, 2.45) is 0 Å². The zero-order valence-electron chi connectivity index (χ0n) is 21.3. The summed E-state index contributed by atoms with van der Waals surface area (Å²) in [5, 5.41) is 13.0. The first-order valence-corrected chi connectivity index (χ1v) is 13.4. The Hall–Kier alpha value is -4.72. The number of aryl methyl sites for hydroxylation is 1. The predicted molar refractivity (Wildman–Crippen MR) is 144 cm³/mol. The summed E-state index contributed by atoms with van der Waals surface area (Å²) in [5.41, 5.74) is 1.72. The number of benzene rings is 2. The zero-order chi connectivity index (χ0) is 27.6. The largest absolute Gasteiger partial charge is 0.454 e. The summed E-state index contributed by atoms with van der Waals surface area (Å²) in [5.74, 6) is 2.05. The predicted octanol–water partition coefficient (Wildman–Crippen LogP) is 2.32. The highest BCUT2D eigenvalue weighted by atomic mass is 32.2. The van der Waals surface area contributed by atoms with E-state index in [2.05, 4.69) is 25.8 Å². The van der Waals surface area contributed by atoms with E-state index >= 15 is 0 Å². The maximum atomic E-state index is 13.5.